The van der Waals surface area contributed by atoms with E-state index in [1.165, 1.54) is 11.8 Å². The predicted octanol–water partition coefficient (Wildman–Crippen LogP) is 2.58. The standard InChI is InChI=1S/C18H28ClN5O2S/c1-5-6-17(26)24-8-7-23(10-13(24)4)15-9-14(19)21-18(22-15)27-11-16(25)20-12(2)3/h9,12-13H,5-8,10-11H2,1-4H3,(H,20,25)/t13-/m0/s1. The number of carbonyl (C=O) groups is 2. The van der Waals surface area contributed by atoms with E-state index in [2.05, 4.69) is 27.1 Å². The molecule has 7 nitrogen and oxygen atoms in total. The quantitative estimate of drug-likeness (QED) is 0.420. The van der Waals surface area contributed by atoms with Gasteiger partial charge in [0.2, 0.25) is 11.8 Å². The van der Waals surface area contributed by atoms with Gasteiger partial charge in [0.15, 0.2) is 5.16 Å². The molecule has 0 bridgehead atoms. The first kappa shape index (κ1) is 21.8. The zero-order valence-corrected chi connectivity index (χ0v) is 17.9. The van der Waals surface area contributed by atoms with Crippen LogP contribution in [-0.4, -0.2) is 64.2 Å². The first-order valence-electron chi connectivity index (χ1n) is 9.31. The highest BCUT2D eigenvalue weighted by atomic mass is 35.5. The molecule has 1 aromatic heterocycles. The number of aromatic nitrogens is 2. The molecule has 1 atom stereocenters. The Balaban J connectivity index is 2.01. The molecule has 1 aliphatic rings. The third-order valence-corrected chi connectivity index (χ3v) is 5.22. The van der Waals surface area contributed by atoms with Crippen LogP contribution in [0, 0.1) is 0 Å². The molecule has 27 heavy (non-hydrogen) atoms. The van der Waals surface area contributed by atoms with Crippen molar-refractivity contribution in [3.63, 3.8) is 0 Å². The summed E-state index contributed by atoms with van der Waals surface area (Å²) < 4.78 is 0. The van der Waals surface area contributed by atoms with E-state index in [9.17, 15) is 9.59 Å². The van der Waals surface area contributed by atoms with Gasteiger partial charge in [0, 0.05) is 44.2 Å². The van der Waals surface area contributed by atoms with Crippen LogP contribution < -0.4 is 10.2 Å². The normalized spacial score (nSPS) is 17.3. The zero-order chi connectivity index (χ0) is 20.0. The van der Waals surface area contributed by atoms with E-state index in [0.717, 1.165) is 12.2 Å². The van der Waals surface area contributed by atoms with Gasteiger partial charge in [-0.25, -0.2) is 9.97 Å². The Morgan fingerprint density at radius 2 is 2.11 bits per heavy atom. The molecule has 0 spiro atoms. The average Bonchev–Trinajstić information content (AvgIpc) is 2.59. The van der Waals surface area contributed by atoms with Crippen molar-refractivity contribution < 1.29 is 9.59 Å². The van der Waals surface area contributed by atoms with Crippen LogP contribution in [0.5, 0.6) is 0 Å². The smallest absolute Gasteiger partial charge is 0.230 e. The number of hydrogen-bond acceptors (Lipinski definition) is 6. The molecular formula is C18H28ClN5O2S. The molecule has 1 saturated heterocycles. The highest BCUT2D eigenvalue weighted by Crippen LogP contribution is 2.24. The lowest BCUT2D eigenvalue weighted by molar-refractivity contribution is -0.133. The maximum atomic E-state index is 12.2. The molecule has 1 N–H and O–H groups in total. The summed E-state index contributed by atoms with van der Waals surface area (Å²) in [6.45, 7) is 9.97. The monoisotopic (exact) mass is 413 g/mol. The van der Waals surface area contributed by atoms with E-state index in [-0.39, 0.29) is 29.7 Å². The Morgan fingerprint density at radius 3 is 2.74 bits per heavy atom. The molecule has 0 saturated carbocycles. The summed E-state index contributed by atoms with van der Waals surface area (Å²) >= 11 is 7.44. The maximum Gasteiger partial charge on any atom is 0.230 e. The van der Waals surface area contributed by atoms with E-state index >= 15 is 0 Å². The van der Waals surface area contributed by atoms with Gasteiger partial charge in [-0.2, -0.15) is 0 Å². The predicted molar refractivity (Wildman–Crippen MR) is 109 cm³/mol. The van der Waals surface area contributed by atoms with Crippen LogP contribution in [0.2, 0.25) is 5.15 Å². The van der Waals surface area contributed by atoms with Crippen LogP contribution in [0.1, 0.15) is 40.5 Å². The lowest BCUT2D eigenvalue weighted by Gasteiger charge is -2.40. The second-order valence-corrected chi connectivity index (χ2v) is 8.30. The third kappa shape index (κ3) is 6.53. The lowest BCUT2D eigenvalue weighted by Crippen LogP contribution is -2.54. The fourth-order valence-corrected chi connectivity index (χ4v) is 3.89. The van der Waals surface area contributed by atoms with E-state index in [1.807, 2.05) is 25.7 Å². The molecule has 9 heteroatoms. The van der Waals surface area contributed by atoms with E-state index in [1.54, 1.807) is 6.07 Å². The number of amides is 2. The summed E-state index contributed by atoms with van der Waals surface area (Å²) in [5, 5.41) is 3.67. The number of nitrogens with one attached hydrogen (secondary N) is 1. The van der Waals surface area contributed by atoms with Crippen LogP contribution in [0.4, 0.5) is 5.82 Å². The Hall–Kier alpha value is -1.54. The van der Waals surface area contributed by atoms with Crippen molar-refractivity contribution in [2.24, 2.45) is 0 Å². The van der Waals surface area contributed by atoms with Crippen LogP contribution >= 0.6 is 23.4 Å². The molecule has 0 aliphatic carbocycles. The van der Waals surface area contributed by atoms with Gasteiger partial charge in [-0.1, -0.05) is 30.3 Å². The summed E-state index contributed by atoms with van der Waals surface area (Å²) in [7, 11) is 0. The van der Waals surface area contributed by atoms with Crippen LogP contribution in [-0.2, 0) is 9.59 Å². The largest absolute Gasteiger partial charge is 0.353 e. The Morgan fingerprint density at radius 1 is 1.37 bits per heavy atom. The topological polar surface area (TPSA) is 78.4 Å². The summed E-state index contributed by atoms with van der Waals surface area (Å²) in [4.78, 5) is 36.9. The number of nitrogens with zero attached hydrogens (tertiary/aromatic N) is 4. The fourth-order valence-electron chi connectivity index (χ4n) is 3.00. The molecule has 1 aromatic rings. The average molecular weight is 414 g/mol. The molecule has 2 heterocycles. The SMILES string of the molecule is CCCC(=O)N1CCN(c2cc(Cl)nc(SCC(=O)NC(C)C)n2)C[C@@H]1C. The van der Waals surface area contributed by atoms with Gasteiger partial charge in [-0.3, -0.25) is 9.59 Å². The van der Waals surface area contributed by atoms with Gasteiger partial charge in [-0.15, -0.1) is 0 Å². The van der Waals surface area contributed by atoms with Gasteiger partial charge >= 0.3 is 0 Å². The minimum atomic E-state index is -0.0585. The van der Waals surface area contributed by atoms with Gasteiger partial charge in [0.05, 0.1) is 5.75 Å². The van der Waals surface area contributed by atoms with Gasteiger partial charge in [0.25, 0.3) is 0 Å². The van der Waals surface area contributed by atoms with Crippen LogP contribution in [0.25, 0.3) is 0 Å². The zero-order valence-electron chi connectivity index (χ0n) is 16.4. The first-order valence-corrected chi connectivity index (χ1v) is 10.7. The number of piperazine rings is 1. The van der Waals surface area contributed by atoms with E-state index in [0.29, 0.717) is 36.4 Å². The van der Waals surface area contributed by atoms with Crippen LogP contribution in [0.3, 0.4) is 0 Å². The summed E-state index contributed by atoms with van der Waals surface area (Å²) in [6.07, 6.45) is 1.45. The van der Waals surface area contributed by atoms with Crippen molar-refractivity contribution in [1.82, 2.24) is 20.2 Å². The molecule has 1 fully saturated rings. The highest BCUT2D eigenvalue weighted by molar-refractivity contribution is 7.99. The minimum Gasteiger partial charge on any atom is -0.353 e. The number of rotatable bonds is 7. The second-order valence-electron chi connectivity index (χ2n) is 6.97. The summed E-state index contributed by atoms with van der Waals surface area (Å²) in [6, 6.07) is 1.94. The molecule has 150 valence electrons. The Bertz CT molecular complexity index is 673. The minimum absolute atomic E-state index is 0.0585. The molecule has 1 aliphatic heterocycles. The molecule has 2 rings (SSSR count). The lowest BCUT2D eigenvalue weighted by atomic mass is 10.1. The number of thioether (sulfide) groups is 1. The number of halogens is 1. The first-order chi connectivity index (χ1) is 12.8. The van der Waals surface area contributed by atoms with Crippen LogP contribution in [0.15, 0.2) is 11.2 Å². The Kier molecular flexibility index (Phi) is 8.16. The molecule has 2 amide bonds. The van der Waals surface area contributed by atoms with Gasteiger partial charge < -0.3 is 15.1 Å². The number of anilines is 1. The molecule has 0 radical (unpaired) electrons. The second kappa shape index (κ2) is 10.1. The van der Waals surface area contributed by atoms with Crippen molar-refractivity contribution in [2.45, 2.75) is 57.8 Å². The van der Waals surface area contributed by atoms with E-state index in [4.69, 9.17) is 11.6 Å². The van der Waals surface area contributed by atoms with Crippen molar-refractivity contribution in [2.75, 3.05) is 30.3 Å². The van der Waals surface area contributed by atoms with E-state index < -0.39 is 0 Å². The van der Waals surface area contributed by atoms with Crippen molar-refractivity contribution in [1.29, 1.82) is 0 Å². The van der Waals surface area contributed by atoms with Crippen molar-refractivity contribution >= 4 is 41.0 Å². The van der Waals surface area contributed by atoms with Crippen molar-refractivity contribution in [3.8, 4) is 0 Å². The number of hydrogen-bond donors (Lipinski definition) is 1. The maximum absolute atomic E-state index is 12.2. The fraction of sp³-hybridized carbons (Fsp3) is 0.667. The Labute approximate surface area is 170 Å². The molecular weight excluding hydrogens is 386 g/mol. The highest BCUT2D eigenvalue weighted by Gasteiger charge is 2.28. The van der Waals surface area contributed by atoms with Crippen molar-refractivity contribution in [3.05, 3.63) is 11.2 Å². The van der Waals surface area contributed by atoms with Gasteiger partial charge in [0.1, 0.15) is 11.0 Å². The molecule has 0 unspecified atom stereocenters. The number of carbonyl (C=O) groups excluding carboxylic acids is 2. The van der Waals surface area contributed by atoms with Gasteiger partial charge in [-0.05, 0) is 27.2 Å². The molecule has 0 aromatic carbocycles. The summed E-state index contributed by atoms with van der Waals surface area (Å²) in [5.41, 5.74) is 0. The third-order valence-electron chi connectivity index (χ3n) is 4.18. The summed E-state index contributed by atoms with van der Waals surface area (Å²) in [5.74, 6) is 1.12.